The molecule has 27 heavy (non-hydrogen) atoms. The molecule has 1 saturated heterocycles. The zero-order valence-electron chi connectivity index (χ0n) is 16.3. The van der Waals surface area contributed by atoms with Gasteiger partial charge in [-0.2, -0.15) is 0 Å². The van der Waals surface area contributed by atoms with Crippen molar-refractivity contribution in [2.45, 2.75) is 38.3 Å². The summed E-state index contributed by atoms with van der Waals surface area (Å²) in [5, 5.41) is 9.85. The number of aliphatic hydroxyl groups is 1. The summed E-state index contributed by atoms with van der Waals surface area (Å²) < 4.78 is 0. The molecule has 1 amide bonds. The molecule has 144 valence electrons. The quantitative estimate of drug-likeness (QED) is 0.819. The van der Waals surface area contributed by atoms with E-state index >= 15 is 0 Å². The molecule has 3 rings (SSSR count). The number of carbonyl (C=O) groups excluding carboxylic acids is 1. The Kier molecular flexibility index (Phi) is 6.64. The first-order chi connectivity index (χ1) is 13.1. The summed E-state index contributed by atoms with van der Waals surface area (Å²) in [7, 11) is 1.90. The van der Waals surface area contributed by atoms with Crippen molar-refractivity contribution in [3.63, 3.8) is 0 Å². The molecule has 1 aliphatic rings. The standard InChI is InChI=1S/C23H30N2O2/c1-3-18-9-11-19(12-10-18)15-23(27)24(2)22(20-7-5-4-6-8-20)17-25-14-13-21(26)16-25/h4-12,21-22,26H,3,13-17H2,1-2H3/t21-,22+/m0/s1. The number of aliphatic hydroxyl groups excluding tert-OH is 1. The largest absolute Gasteiger partial charge is 0.392 e. The molecule has 1 heterocycles. The lowest BCUT2D eigenvalue weighted by atomic mass is 10.0. The maximum absolute atomic E-state index is 13.0. The lowest BCUT2D eigenvalue weighted by Crippen LogP contribution is -2.39. The molecule has 0 radical (unpaired) electrons. The lowest BCUT2D eigenvalue weighted by Gasteiger charge is -2.32. The zero-order chi connectivity index (χ0) is 19.2. The van der Waals surface area contributed by atoms with E-state index in [-0.39, 0.29) is 18.1 Å². The molecule has 1 aliphatic heterocycles. The smallest absolute Gasteiger partial charge is 0.227 e. The summed E-state index contributed by atoms with van der Waals surface area (Å²) in [5.74, 6) is 0.118. The van der Waals surface area contributed by atoms with Gasteiger partial charge in [0.05, 0.1) is 18.6 Å². The summed E-state index contributed by atoms with van der Waals surface area (Å²) >= 11 is 0. The molecule has 1 fully saturated rings. The number of benzene rings is 2. The summed E-state index contributed by atoms with van der Waals surface area (Å²) in [4.78, 5) is 17.1. The topological polar surface area (TPSA) is 43.8 Å². The van der Waals surface area contributed by atoms with Crippen LogP contribution in [0.2, 0.25) is 0 Å². The number of hydrogen-bond donors (Lipinski definition) is 1. The molecule has 1 N–H and O–H groups in total. The highest BCUT2D eigenvalue weighted by molar-refractivity contribution is 5.79. The van der Waals surface area contributed by atoms with Crippen molar-refractivity contribution >= 4 is 5.91 Å². The molecule has 0 bridgehead atoms. The number of hydrogen-bond acceptors (Lipinski definition) is 3. The van der Waals surface area contributed by atoms with Crippen LogP contribution in [-0.2, 0) is 17.6 Å². The third-order valence-corrected chi connectivity index (χ3v) is 5.51. The first-order valence-electron chi connectivity index (χ1n) is 9.85. The Morgan fingerprint density at radius 3 is 2.41 bits per heavy atom. The molecule has 4 heteroatoms. The van der Waals surface area contributed by atoms with Gasteiger partial charge in [-0.1, -0.05) is 61.5 Å². The maximum atomic E-state index is 13.0. The zero-order valence-corrected chi connectivity index (χ0v) is 16.3. The van der Waals surface area contributed by atoms with Gasteiger partial charge >= 0.3 is 0 Å². The van der Waals surface area contributed by atoms with E-state index in [1.165, 1.54) is 5.56 Å². The predicted octanol–water partition coefficient (Wildman–Crippen LogP) is 3.06. The van der Waals surface area contributed by atoms with Crippen molar-refractivity contribution in [3.05, 3.63) is 71.3 Å². The molecule has 2 aromatic rings. The Balaban J connectivity index is 1.72. The number of nitrogens with zero attached hydrogens (tertiary/aromatic N) is 2. The molecule has 2 atom stereocenters. The second-order valence-electron chi connectivity index (χ2n) is 7.48. The fourth-order valence-corrected chi connectivity index (χ4v) is 3.72. The van der Waals surface area contributed by atoms with Gasteiger partial charge in [-0.05, 0) is 29.5 Å². The van der Waals surface area contributed by atoms with Crippen LogP contribution in [-0.4, -0.2) is 53.6 Å². The van der Waals surface area contributed by atoms with Gasteiger partial charge in [-0.25, -0.2) is 0 Å². The van der Waals surface area contributed by atoms with Gasteiger partial charge in [0.15, 0.2) is 0 Å². The number of likely N-dealkylation sites (tertiary alicyclic amines) is 1. The first-order valence-corrected chi connectivity index (χ1v) is 9.85. The van der Waals surface area contributed by atoms with Crippen LogP contribution in [0.1, 0.15) is 36.1 Å². The van der Waals surface area contributed by atoms with Gasteiger partial charge in [-0.15, -0.1) is 0 Å². The van der Waals surface area contributed by atoms with Crippen molar-refractivity contribution in [1.82, 2.24) is 9.80 Å². The number of carbonyl (C=O) groups is 1. The Morgan fingerprint density at radius 2 is 1.81 bits per heavy atom. The van der Waals surface area contributed by atoms with E-state index in [1.54, 1.807) is 0 Å². The minimum absolute atomic E-state index is 0.0149. The Labute approximate surface area is 162 Å². The Bertz CT molecular complexity index is 730. The average molecular weight is 367 g/mol. The fourth-order valence-electron chi connectivity index (χ4n) is 3.72. The number of amides is 1. The summed E-state index contributed by atoms with van der Waals surface area (Å²) in [6.07, 6.45) is 1.97. The molecule has 0 aromatic heterocycles. The molecule has 2 aromatic carbocycles. The van der Waals surface area contributed by atoms with Crippen molar-refractivity contribution < 1.29 is 9.90 Å². The summed E-state index contributed by atoms with van der Waals surface area (Å²) in [6.45, 7) is 4.45. The minimum atomic E-state index is -0.250. The molecular formula is C23H30N2O2. The highest BCUT2D eigenvalue weighted by atomic mass is 16.3. The Morgan fingerprint density at radius 1 is 1.15 bits per heavy atom. The average Bonchev–Trinajstić information content (AvgIpc) is 3.11. The molecule has 4 nitrogen and oxygen atoms in total. The third-order valence-electron chi connectivity index (χ3n) is 5.51. The number of β-amino-alcohol motifs (C(OH)–C–C–N with tert-alkyl or cyclic N) is 1. The number of rotatable bonds is 7. The van der Waals surface area contributed by atoms with Gasteiger partial charge in [0.2, 0.25) is 5.91 Å². The van der Waals surface area contributed by atoms with Gasteiger partial charge in [0.25, 0.3) is 0 Å². The molecule has 0 saturated carbocycles. The van der Waals surface area contributed by atoms with Gasteiger partial charge in [0.1, 0.15) is 0 Å². The maximum Gasteiger partial charge on any atom is 0.227 e. The fraction of sp³-hybridized carbons (Fsp3) is 0.435. The van der Waals surface area contributed by atoms with E-state index in [0.29, 0.717) is 13.0 Å². The van der Waals surface area contributed by atoms with Crippen LogP contribution in [0.15, 0.2) is 54.6 Å². The third kappa shape index (κ3) is 5.18. The monoisotopic (exact) mass is 366 g/mol. The van der Waals surface area contributed by atoms with E-state index in [9.17, 15) is 9.90 Å². The van der Waals surface area contributed by atoms with Crippen molar-refractivity contribution in [1.29, 1.82) is 0 Å². The van der Waals surface area contributed by atoms with Crippen LogP contribution in [0.5, 0.6) is 0 Å². The SMILES string of the molecule is CCc1ccc(CC(=O)N(C)[C@H](CN2CC[C@H](O)C2)c2ccccc2)cc1. The van der Waals surface area contributed by atoms with Crippen LogP contribution in [0, 0.1) is 0 Å². The highest BCUT2D eigenvalue weighted by Crippen LogP contribution is 2.24. The van der Waals surface area contributed by atoms with Crippen LogP contribution in [0.4, 0.5) is 0 Å². The van der Waals surface area contributed by atoms with Crippen molar-refractivity contribution in [2.24, 2.45) is 0 Å². The predicted molar refractivity (Wildman–Crippen MR) is 109 cm³/mol. The van der Waals surface area contributed by atoms with E-state index in [2.05, 4.69) is 48.2 Å². The number of likely N-dealkylation sites (N-methyl/N-ethyl adjacent to an activating group) is 1. The normalized spacial score (nSPS) is 18.4. The van der Waals surface area contributed by atoms with E-state index < -0.39 is 0 Å². The molecule has 0 aliphatic carbocycles. The lowest BCUT2D eigenvalue weighted by molar-refractivity contribution is -0.131. The van der Waals surface area contributed by atoms with Crippen LogP contribution in [0.3, 0.4) is 0 Å². The molecule has 0 spiro atoms. The highest BCUT2D eigenvalue weighted by Gasteiger charge is 2.28. The van der Waals surface area contributed by atoms with Gasteiger partial charge < -0.3 is 10.0 Å². The van der Waals surface area contributed by atoms with Gasteiger partial charge in [-0.3, -0.25) is 9.69 Å². The number of aryl methyl sites for hydroxylation is 1. The van der Waals surface area contributed by atoms with E-state index in [0.717, 1.165) is 37.1 Å². The van der Waals surface area contributed by atoms with E-state index in [4.69, 9.17) is 0 Å². The molecular weight excluding hydrogens is 336 g/mol. The van der Waals surface area contributed by atoms with E-state index in [1.807, 2.05) is 30.1 Å². The van der Waals surface area contributed by atoms with Crippen molar-refractivity contribution in [2.75, 3.05) is 26.7 Å². The van der Waals surface area contributed by atoms with Crippen LogP contribution >= 0.6 is 0 Å². The second-order valence-corrected chi connectivity index (χ2v) is 7.48. The first kappa shape index (κ1) is 19.6. The summed E-state index contributed by atoms with van der Waals surface area (Å²) in [5.41, 5.74) is 3.47. The van der Waals surface area contributed by atoms with Crippen LogP contribution in [0.25, 0.3) is 0 Å². The summed E-state index contributed by atoms with van der Waals surface area (Å²) in [6, 6.07) is 18.5. The Hall–Kier alpha value is -2.17. The second kappa shape index (κ2) is 9.16. The van der Waals surface area contributed by atoms with Gasteiger partial charge in [0, 0.05) is 26.7 Å². The minimum Gasteiger partial charge on any atom is -0.392 e. The molecule has 0 unspecified atom stereocenters. The van der Waals surface area contributed by atoms with Crippen molar-refractivity contribution in [3.8, 4) is 0 Å². The van der Waals surface area contributed by atoms with Crippen LogP contribution < -0.4 is 0 Å².